The van der Waals surface area contributed by atoms with Crippen molar-refractivity contribution in [1.29, 1.82) is 0 Å². The van der Waals surface area contributed by atoms with E-state index in [4.69, 9.17) is 4.74 Å². The van der Waals surface area contributed by atoms with E-state index in [1.54, 1.807) is 0 Å². The zero-order valence-electron chi connectivity index (χ0n) is 8.66. The first-order valence-electron chi connectivity index (χ1n) is 5.43. The molecule has 80 valence electrons. The van der Waals surface area contributed by atoms with Gasteiger partial charge in [0.2, 0.25) is 0 Å². The Morgan fingerprint density at radius 3 is 3.07 bits per heavy atom. The third-order valence-electron chi connectivity index (χ3n) is 3.23. The molecule has 2 aliphatic rings. The molecule has 0 aromatic carbocycles. The first kappa shape index (κ1) is 9.77. The number of ether oxygens (including phenoxy) is 1. The fourth-order valence-corrected chi connectivity index (χ4v) is 2.42. The highest BCUT2D eigenvalue weighted by Gasteiger charge is 2.34. The standard InChI is InChI=1S/C10H18N2O2/c1-2-14-10(13)12-4-3-8-5-11-6-9(8)7-12/h8-9,11H,2-7H2,1H3. The molecule has 2 fully saturated rings. The number of likely N-dealkylation sites (tertiary alicyclic amines) is 1. The molecule has 4 heteroatoms. The van der Waals surface area contributed by atoms with Crippen molar-refractivity contribution in [3.63, 3.8) is 0 Å². The highest BCUT2D eigenvalue weighted by molar-refractivity contribution is 5.67. The quantitative estimate of drug-likeness (QED) is 0.674. The van der Waals surface area contributed by atoms with Gasteiger partial charge in [-0.3, -0.25) is 0 Å². The number of hydrogen-bond donors (Lipinski definition) is 1. The van der Waals surface area contributed by atoms with Crippen LogP contribution in [0.3, 0.4) is 0 Å². The van der Waals surface area contributed by atoms with Crippen LogP contribution < -0.4 is 5.32 Å². The molecule has 0 aliphatic carbocycles. The van der Waals surface area contributed by atoms with E-state index in [9.17, 15) is 4.79 Å². The normalized spacial score (nSPS) is 31.4. The van der Waals surface area contributed by atoms with Gasteiger partial charge in [-0.25, -0.2) is 4.79 Å². The summed E-state index contributed by atoms with van der Waals surface area (Å²) in [5, 5.41) is 3.38. The summed E-state index contributed by atoms with van der Waals surface area (Å²) in [5.41, 5.74) is 0. The van der Waals surface area contributed by atoms with Crippen LogP contribution in [0.1, 0.15) is 13.3 Å². The van der Waals surface area contributed by atoms with Crippen LogP contribution >= 0.6 is 0 Å². The largest absolute Gasteiger partial charge is 0.450 e. The molecule has 2 heterocycles. The predicted molar refractivity (Wildman–Crippen MR) is 53.1 cm³/mol. The average molecular weight is 198 g/mol. The zero-order chi connectivity index (χ0) is 9.97. The van der Waals surface area contributed by atoms with Gasteiger partial charge in [-0.05, 0) is 38.3 Å². The molecule has 14 heavy (non-hydrogen) atoms. The van der Waals surface area contributed by atoms with Gasteiger partial charge >= 0.3 is 6.09 Å². The summed E-state index contributed by atoms with van der Waals surface area (Å²) in [6.07, 6.45) is 0.981. The Labute approximate surface area is 84.6 Å². The summed E-state index contributed by atoms with van der Waals surface area (Å²) in [6, 6.07) is 0. The van der Waals surface area contributed by atoms with E-state index >= 15 is 0 Å². The number of carbonyl (C=O) groups excluding carboxylic acids is 1. The lowest BCUT2D eigenvalue weighted by molar-refractivity contribution is 0.0816. The number of carbonyl (C=O) groups is 1. The third kappa shape index (κ3) is 1.85. The van der Waals surface area contributed by atoms with E-state index in [1.165, 1.54) is 0 Å². The van der Waals surface area contributed by atoms with Gasteiger partial charge in [0.1, 0.15) is 0 Å². The molecule has 2 atom stereocenters. The van der Waals surface area contributed by atoms with Crippen molar-refractivity contribution in [3.8, 4) is 0 Å². The Hall–Kier alpha value is -0.770. The molecule has 2 saturated heterocycles. The third-order valence-corrected chi connectivity index (χ3v) is 3.23. The molecule has 2 unspecified atom stereocenters. The minimum atomic E-state index is -0.141. The summed E-state index contributed by atoms with van der Waals surface area (Å²) < 4.78 is 5.00. The molecule has 0 aromatic heterocycles. The summed E-state index contributed by atoms with van der Waals surface area (Å²) in [6.45, 7) is 6.24. The van der Waals surface area contributed by atoms with Crippen LogP contribution in [-0.4, -0.2) is 43.8 Å². The molecule has 0 aromatic rings. The topological polar surface area (TPSA) is 41.6 Å². The molecule has 4 nitrogen and oxygen atoms in total. The maximum Gasteiger partial charge on any atom is 0.409 e. The Morgan fingerprint density at radius 1 is 1.50 bits per heavy atom. The van der Waals surface area contributed by atoms with Crippen LogP contribution in [-0.2, 0) is 4.74 Å². The molecule has 1 N–H and O–H groups in total. The van der Waals surface area contributed by atoms with Gasteiger partial charge in [0.05, 0.1) is 6.61 Å². The first-order valence-corrected chi connectivity index (χ1v) is 5.43. The van der Waals surface area contributed by atoms with Crippen molar-refractivity contribution in [2.24, 2.45) is 11.8 Å². The molecular formula is C10H18N2O2. The smallest absolute Gasteiger partial charge is 0.409 e. The zero-order valence-corrected chi connectivity index (χ0v) is 8.66. The maximum absolute atomic E-state index is 11.5. The van der Waals surface area contributed by atoms with Crippen LogP contribution in [0.2, 0.25) is 0 Å². The summed E-state index contributed by atoms with van der Waals surface area (Å²) in [5.74, 6) is 1.42. The number of nitrogens with one attached hydrogen (secondary N) is 1. The van der Waals surface area contributed by atoms with E-state index in [-0.39, 0.29) is 6.09 Å². The number of hydrogen-bond acceptors (Lipinski definition) is 3. The van der Waals surface area contributed by atoms with Gasteiger partial charge in [-0.1, -0.05) is 0 Å². The highest BCUT2D eigenvalue weighted by atomic mass is 16.6. The van der Waals surface area contributed by atoms with E-state index in [1.807, 2.05) is 11.8 Å². The summed E-state index contributed by atoms with van der Waals surface area (Å²) in [4.78, 5) is 13.3. The monoisotopic (exact) mass is 198 g/mol. The lowest BCUT2D eigenvalue weighted by Crippen LogP contribution is -2.43. The van der Waals surface area contributed by atoms with Gasteiger partial charge in [-0.15, -0.1) is 0 Å². The van der Waals surface area contributed by atoms with Crippen LogP contribution in [0.4, 0.5) is 4.79 Å². The van der Waals surface area contributed by atoms with Crippen molar-refractivity contribution in [2.45, 2.75) is 13.3 Å². The van der Waals surface area contributed by atoms with E-state index < -0.39 is 0 Å². The Morgan fingerprint density at radius 2 is 2.29 bits per heavy atom. The van der Waals surface area contributed by atoms with Crippen LogP contribution in [0.5, 0.6) is 0 Å². The number of amides is 1. The van der Waals surface area contributed by atoms with Crippen molar-refractivity contribution >= 4 is 6.09 Å². The van der Waals surface area contributed by atoms with Gasteiger partial charge in [0.25, 0.3) is 0 Å². The van der Waals surface area contributed by atoms with Crippen molar-refractivity contribution < 1.29 is 9.53 Å². The van der Waals surface area contributed by atoms with Gasteiger partial charge in [0, 0.05) is 13.1 Å². The van der Waals surface area contributed by atoms with E-state index in [0.29, 0.717) is 12.5 Å². The lowest BCUT2D eigenvalue weighted by atomic mass is 9.89. The SMILES string of the molecule is CCOC(=O)N1CCC2CNCC2C1. The molecule has 0 saturated carbocycles. The van der Waals surface area contributed by atoms with Crippen molar-refractivity contribution in [3.05, 3.63) is 0 Å². The molecule has 0 radical (unpaired) electrons. The lowest BCUT2D eigenvalue weighted by Gasteiger charge is -2.33. The second-order valence-corrected chi connectivity index (χ2v) is 4.11. The molecule has 2 rings (SSSR count). The van der Waals surface area contributed by atoms with Gasteiger partial charge < -0.3 is 15.0 Å². The molecule has 1 amide bonds. The van der Waals surface area contributed by atoms with Gasteiger partial charge in [-0.2, -0.15) is 0 Å². The maximum atomic E-state index is 11.5. The summed E-state index contributed by atoms with van der Waals surface area (Å²) >= 11 is 0. The van der Waals surface area contributed by atoms with Crippen molar-refractivity contribution in [1.82, 2.24) is 10.2 Å². The Balaban J connectivity index is 1.87. The van der Waals surface area contributed by atoms with E-state index in [0.717, 1.165) is 38.5 Å². The second kappa shape index (κ2) is 4.17. The fourth-order valence-electron chi connectivity index (χ4n) is 2.42. The highest BCUT2D eigenvalue weighted by Crippen LogP contribution is 2.26. The average Bonchev–Trinajstić information content (AvgIpc) is 2.64. The Bertz CT molecular complexity index is 220. The van der Waals surface area contributed by atoms with Gasteiger partial charge in [0.15, 0.2) is 0 Å². The van der Waals surface area contributed by atoms with E-state index in [2.05, 4.69) is 5.32 Å². The molecule has 0 bridgehead atoms. The van der Waals surface area contributed by atoms with Crippen molar-refractivity contribution in [2.75, 3.05) is 32.8 Å². The minimum Gasteiger partial charge on any atom is -0.450 e. The number of fused-ring (bicyclic) bond motifs is 1. The molecule has 0 spiro atoms. The Kier molecular flexibility index (Phi) is 2.91. The van der Waals surface area contributed by atoms with Crippen LogP contribution in [0.25, 0.3) is 0 Å². The first-order chi connectivity index (χ1) is 6.81. The van der Waals surface area contributed by atoms with Crippen LogP contribution in [0, 0.1) is 11.8 Å². The molecule has 2 aliphatic heterocycles. The predicted octanol–water partition coefficient (Wildman–Crippen LogP) is 0.684. The van der Waals surface area contributed by atoms with Crippen LogP contribution in [0.15, 0.2) is 0 Å². The fraction of sp³-hybridized carbons (Fsp3) is 0.900. The minimum absolute atomic E-state index is 0.141. The number of rotatable bonds is 1. The number of piperidine rings is 1. The summed E-state index contributed by atoms with van der Waals surface area (Å²) in [7, 11) is 0. The molecular weight excluding hydrogens is 180 g/mol. The number of nitrogens with zero attached hydrogens (tertiary/aromatic N) is 1. The second-order valence-electron chi connectivity index (χ2n) is 4.11.